The van der Waals surface area contributed by atoms with E-state index in [0.717, 1.165) is 13.2 Å². The van der Waals surface area contributed by atoms with Crippen molar-refractivity contribution >= 4 is 0 Å². The summed E-state index contributed by atoms with van der Waals surface area (Å²) in [6.07, 6.45) is 6.35. The van der Waals surface area contributed by atoms with Gasteiger partial charge < -0.3 is 4.74 Å². The first-order valence-electron chi connectivity index (χ1n) is 6.46. The van der Waals surface area contributed by atoms with Gasteiger partial charge in [-0.15, -0.1) is 0 Å². The molecule has 0 spiro atoms. The van der Waals surface area contributed by atoms with Gasteiger partial charge in [0, 0.05) is 13.2 Å². The highest BCUT2D eigenvalue weighted by Gasteiger charge is 1.94. The molecule has 1 aromatic rings. The molecular formula is C15H24O. The summed E-state index contributed by atoms with van der Waals surface area (Å²) in [4.78, 5) is 0. The second-order valence-electron chi connectivity index (χ2n) is 4.35. The molecule has 0 unspecified atom stereocenters. The number of hydrogen-bond acceptors (Lipinski definition) is 1. The van der Waals surface area contributed by atoms with Crippen LogP contribution in [0.2, 0.25) is 0 Å². The van der Waals surface area contributed by atoms with Gasteiger partial charge in [0.1, 0.15) is 0 Å². The molecular weight excluding hydrogens is 196 g/mol. The molecule has 0 aromatic heterocycles. The van der Waals surface area contributed by atoms with Crippen LogP contribution in [0.4, 0.5) is 0 Å². The van der Waals surface area contributed by atoms with Crippen LogP contribution in [0.3, 0.4) is 0 Å². The molecule has 0 fully saturated rings. The van der Waals surface area contributed by atoms with Gasteiger partial charge >= 0.3 is 0 Å². The summed E-state index contributed by atoms with van der Waals surface area (Å²) < 4.78 is 5.31. The number of hydrogen-bond donors (Lipinski definition) is 0. The van der Waals surface area contributed by atoms with Gasteiger partial charge in [0.25, 0.3) is 0 Å². The number of aryl methyl sites for hydroxylation is 2. The zero-order valence-corrected chi connectivity index (χ0v) is 10.7. The third kappa shape index (κ3) is 5.92. The van der Waals surface area contributed by atoms with Crippen molar-refractivity contribution in [3.8, 4) is 0 Å². The fourth-order valence-corrected chi connectivity index (χ4v) is 1.90. The van der Waals surface area contributed by atoms with E-state index in [0.29, 0.717) is 0 Å². The molecule has 16 heavy (non-hydrogen) atoms. The van der Waals surface area contributed by atoms with E-state index in [9.17, 15) is 0 Å². The van der Waals surface area contributed by atoms with Gasteiger partial charge in [0.2, 0.25) is 0 Å². The lowest BCUT2D eigenvalue weighted by Gasteiger charge is -2.03. The van der Waals surface area contributed by atoms with Crippen LogP contribution >= 0.6 is 0 Å². The van der Waals surface area contributed by atoms with Gasteiger partial charge in [-0.25, -0.2) is 0 Å². The highest BCUT2D eigenvalue weighted by Crippen LogP contribution is 2.09. The van der Waals surface area contributed by atoms with Crippen LogP contribution in [0.15, 0.2) is 24.3 Å². The van der Waals surface area contributed by atoms with Crippen molar-refractivity contribution in [2.45, 2.75) is 46.0 Å². The van der Waals surface area contributed by atoms with Gasteiger partial charge in [0.15, 0.2) is 0 Å². The minimum Gasteiger partial charge on any atom is -0.382 e. The van der Waals surface area contributed by atoms with Crippen molar-refractivity contribution < 1.29 is 4.74 Å². The Balaban J connectivity index is 2.03. The average molecular weight is 220 g/mol. The molecule has 0 bridgehead atoms. The lowest BCUT2D eigenvalue weighted by atomic mass is 10.0. The van der Waals surface area contributed by atoms with Gasteiger partial charge in [-0.1, -0.05) is 42.7 Å². The molecule has 0 aliphatic carbocycles. The number of ether oxygens (including phenoxy) is 1. The van der Waals surface area contributed by atoms with E-state index in [1.807, 2.05) is 0 Å². The van der Waals surface area contributed by atoms with Gasteiger partial charge in [-0.2, -0.15) is 0 Å². The van der Waals surface area contributed by atoms with Crippen LogP contribution in [-0.2, 0) is 11.2 Å². The predicted octanol–water partition coefficient (Wildman–Crippen LogP) is 4.13. The normalized spacial score (nSPS) is 10.6. The molecule has 0 saturated carbocycles. The molecule has 1 aromatic carbocycles. The number of rotatable bonds is 8. The molecule has 0 aliphatic rings. The quantitative estimate of drug-likeness (QED) is 0.598. The van der Waals surface area contributed by atoms with Crippen LogP contribution in [0.1, 0.15) is 43.7 Å². The molecule has 1 rings (SSSR count). The van der Waals surface area contributed by atoms with Crippen molar-refractivity contribution in [2.75, 3.05) is 13.2 Å². The lowest BCUT2D eigenvalue weighted by Crippen LogP contribution is -1.93. The molecule has 1 nitrogen and oxygen atoms in total. The first kappa shape index (κ1) is 13.2. The highest BCUT2D eigenvalue weighted by molar-refractivity contribution is 5.22. The maximum atomic E-state index is 5.31. The SMILES string of the molecule is CCOCCCCCCc1cccc(C)c1. The van der Waals surface area contributed by atoms with E-state index in [2.05, 4.69) is 38.1 Å². The Kier molecular flexibility index (Phi) is 6.91. The van der Waals surface area contributed by atoms with Crippen LogP contribution < -0.4 is 0 Å². The third-order valence-electron chi connectivity index (χ3n) is 2.79. The Bertz CT molecular complexity index is 281. The molecule has 90 valence electrons. The zero-order chi connectivity index (χ0) is 11.6. The van der Waals surface area contributed by atoms with Crippen LogP contribution in [-0.4, -0.2) is 13.2 Å². The highest BCUT2D eigenvalue weighted by atomic mass is 16.5. The van der Waals surface area contributed by atoms with Gasteiger partial charge in [-0.05, 0) is 38.7 Å². The molecule has 0 heterocycles. The van der Waals surface area contributed by atoms with Crippen LogP contribution in [0.5, 0.6) is 0 Å². The fraction of sp³-hybridized carbons (Fsp3) is 0.600. The van der Waals surface area contributed by atoms with Crippen molar-refractivity contribution in [1.82, 2.24) is 0 Å². The van der Waals surface area contributed by atoms with E-state index in [1.165, 1.54) is 43.2 Å². The lowest BCUT2D eigenvalue weighted by molar-refractivity contribution is 0.143. The summed E-state index contributed by atoms with van der Waals surface area (Å²) >= 11 is 0. The Morgan fingerprint density at radius 3 is 2.62 bits per heavy atom. The third-order valence-corrected chi connectivity index (χ3v) is 2.79. The largest absolute Gasteiger partial charge is 0.382 e. The Labute approximate surface area is 99.8 Å². The summed E-state index contributed by atoms with van der Waals surface area (Å²) in [5.41, 5.74) is 2.85. The smallest absolute Gasteiger partial charge is 0.0465 e. The second-order valence-corrected chi connectivity index (χ2v) is 4.35. The van der Waals surface area contributed by atoms with Gasteiger partial charge in [-0.3, -0.25) is 0 Å². The maximum absolute atomic E-state index is 5.31. The first-order valence-corrected chi connectivity index (χ1v) is 6.46. The van der Waals surface area contributed by atoms with Crippen LogP contribution in [0, 0.1) is 6.92 Å². The topological polar surface area (TPSA) is 9.23 Å². The standard InChI is InChI=1S/C15H24O/c1-3-16-12-7-5-4-6-10-15-11-8-9-14(2)13-15/h8-9,11,13H,3-7,10,12H2,1-2H3. The Hall–Kier alpha value is -0.820. The zero-order valence-electron chi connectivity index (χ0n) is 10.7. The summed E-state index contributed by atoms with van der Waals surface area (Å²) in [7, 11) is 0. The molecule has 0 saturated heterocycles. The van der Waals surface area contributed by atoms with Crippen molar-refractivity contribution in [3.05, 3.63) is 35.4 Å². The Morgan fingerprint density at radius 2 is 1.88 bits per heavy atom. The number of unbranched alkanes of at least 4 members (excludes halogenated alkanes) is 3. The minimum absolute atomic E-state index is 0.850. The second kappa shape index (κ2) is 8.35. The summed E-state index contributed by atoms with van der Waals surface area (Å²) in [6, 6.07) is 8.83. The Morgan fingerprint density at radius 1 is 1.06 bits per heavy atom. The maximum Gasteiger partial charge on any atom is 0.0465 e. The molecule has 1 heteroatoms. The van der Waals surface area contributed by atoms with E-state index in [4.69, 9.17) is 4.74 Å². The molecule has 0 aliphatic heterocycles. The van der Waals surface area contributed by atoms with Crippen molar-refractivity contribution in [1.29, 1.82) is 0 Å². The van der Waals surface area contributed by atoms with E-state index < -0.39 is 0 Å². The number of benzene rings is 1. The molecule has 0 atom stereocenters. The van der Waals surface area contributed by atoms with E-state index in [-0.39, 0.29) is 0 Å². The molecule has 0 amide bonds. The van der Waals surface area contributed by atoms with Gasteiger partial charge in [0.05, 0.1) is 0 Å². The molecule has 0 radical (unpaired) electrons. The summed E-state index contributed by atoms with van der Waals surface area (Å²) in [6.45, 7) is 5.99. The van der Waals surface area contributed by atoms with Crippen molar-refractivity contribution in [2.24, 2.45) is 0 Å². The fourth-order valence-electron chi connectivity index (χ4n) is 1.90. The first-order chi connectivity index (χ1) is 7.83. The monoisotopic (exact) mass is 220 g/mol. The minimum atomic E-state index is 0.850. The van der Waals surface area contributed by atoms with Crippen molar-refractivity contribution in [3.63, 3.8) is 0 Å². The summed E-state index contributed by atoms with van der Waals surface area (Å²) in [5, 5.41) is 0. The van der Waals surface area contributed by atoms with E-state index in [1.54, 1.807) is 0 Å². The predicted molar refractivity (Wildman–Crippen MR) is 69.8 cm³/mol. The summed E-state index contributed by atoms with van der Waals surface area (Å²) in [5.74, 6) is 0. The molecule has 0 N–H and O–H groups in total. The average Bonchev–Trinajstić information content (AvgIpc) is 2.28. The van der Waals surface area contributed by atoms with Crippen LogP contribution in [0.25, 0.3) is 0 Å². The van der Waals surface area contributed by atoms with E-state index >= 15 is 0 Å².